The number of ether oxygens (including phenoxy) is 1. The van der Waals surface area contributed by atoms with Crippen LogP contribution >= 0.6 is 0 Å². The van der Waals surface area contributed by atoms with Gasteiger partial charge in [-0.25, -0.2) is 4.39 Å². The molecule has 1 unspecified atom stereocenters. The van der Waals surface area contributed by atoms with E-state index in [1.165, 1.54) is 12.1 Å². The zero-order valence-corrected chi connectivity index (χ0v) is 15.0. The Balaban J connectivity index is 1.56. The van der Waals surface area contributed by atoms with Gasteiger partial charge in [0.2, 0.25) is 0 Å². The second kappa shape index (κ2) is 7.32. The largest absolute Gasteiger partial charge is 0.370 e. The van der Waals surface area contributed by atoms with Crippen LogP contribution in [0.4, 0.5) is 4.39 Å². The van der Waals surface area contributed by atoms with Crippen molar-refractivity contribution in [3.63, 3.8) is 0 Å². The van der Waals surface area contributed by atoms with E-state index in [2.05, 4.69) is 10.2 Å². The summed E-state index contributed by atoms with van der Waals surface area (Å²) in [5, 5.41) is 7.03. The normalized spacial score (nSPS) is 17.1. The number of aromatic amines is 1. The number of benzene rings is 2. The fourth-order valence-electron chi connectivity index (χ4n) is 3.35. The summed E-state index contributed by atoms with van der Waals surface area (Å²) in [6.45, 7) is 3.37. The maximum atomic E-state index is 13.2. The Labute approximate surface area is 156 Å². The topological polar surface area (TPSA) is 58.2 Å². The highest BCUT2D eigenvalue weighted by atomic mass is 19.1. The Kier molecular flexibility index (Phi) is 4.73. The molecule has 0 bridgehead atoms. The number of rotatable bonds is 3. The SMILES string of the molecule is Cc1cccc(-c2[nH]ncc2C(=O)N2CCOC(c3ccc(F)cc3)C2)c1. The molecule has 2 aromatic carbocycles. The molecule has 0 spiro atoms. The number of amides is 1. The Bertz CT molecular complexity index is 952. The summed E-state index contributed by atoms with van der Waals surface area (Å²) in [4.78, 5) is 14.9. The number of hydrogen-bond acceptors (Lipinski definition) is 3. The minimum Gasteiger partial charge on any atom is -0.370 e. The lowest BCUT2D eigenvalue weighted by atomic mass is 10.0. The van der Waals surface area contributed by atoms with Crippen molar-refractivity contribution < 1.29 is 13.9 Å². The molecule has 0 aliphatic carbocycles. The van der Waals surface area contributed by atoms with Gasteiger partial charge < -0.3 is 9.64 Å². The minimum absolute atomic E-state index is 0.0873. The molecule has 1 N–H and O–H groups in total. The molecule has 1 aliphatic rings. The molecule has 1 saturated heterocycles. The highest BCUT2D eigenvalue weighted by Crippen LogP contribution is 2.27. The summed E-state index contributed by atoms with van der Waals surface area (Å²) >= 11 is 0. The molecule has 27 heavy (non-hydrogen) atoms. The van der Waals surface area contributed by atoms with Crippen LogP contribution in [-0.2, 0) is 4.74 Å². The van der Waals surface area contributed by atoms with Crippen LogP contribution in [0.2, 0.25) is 0 Å². The van der Waals surface area contributed by atoms with Crippen LogP contribution in [0.15, 0.2) is 54.7 Å². The van der Waals surface area contributed by atoms with Gasteiger partial charge in [0, 0.05) is 12.1 Å². The quantitative estimate of drug-likeness (QED) is 0.769. The van der Waals surface area contributed by atoms with E-state index in [0.29, 0.717) is 31.0 Å². The molecule has 0 radical (unpaired) electrons. The minimum atomic E-state index is -0.288. The Morgan fingerprint density at radius 3 is 2.85 bits per heavy atom. The van der Waals surface area contributed by atoms with E-state index in [4.69, 9.17) is 4.74 Å². The molecule has 1 aliphatic heterocycles. The number of aromatic nitrogens is 2. The third-order valence-electron chi connectivity index (χ3n) is 4.77. The molecule has 6 heteroatoms. The van der Waals surface area contributed by atoms with Crippen molar-refractivity contribution in [1.29, 1.82) is 0 Å². The molecule has 3 aromatic rings. The van der Waals surface area contributed by atoms with Crippen LogP contribution < -0.4 is 0 Å². The van der Waals surface area contributed by atoms with Crippen LogP contribution in [0.1, 0.15) is 27.6 Å². The molecule has 5 nitrogen and oxygen atoms in total. The fourth-order valence-corrected chi connectivity index (χ4v) is 3.35. The van der Waals surface area contributed by atoms with Crippen molar-refractivity contribution >= 4 is 5.91 Å². The van der Waals surface area contributed by atoms with Crippen molar-refractivity contribution in [2.24, 2.45) is 0 Å². The van der Waals surface area contributed by atoms with Crippen molar-refractivity contribution in [3.05, 3.63) is 77.2 Å². The predicted molar refractivity (Wildman–Crippen MR) is 99.8 cm³/mol. The maximum Gasteiger partial charge on any atom is 0.257 e. The molecule has 2 heterocycles. The number of carbonyl (C=O) groups excluding carboxylic acids is 1. The van der Waals surface area contributed by atoms with Gasteiger partial charge in [0.1, 0.15) is 11.9 Å². The second-order valence-electron chi connectivity index (χ2n) is 6.69. The summed E-state index contributed by atoms with van der Waals surface area (Å²) in [6, 6.07) is 14.2. The molecule has 0 saturated carbocycles. The van der Waals surface area contributed by atoms with Crippen molar-refractivity contribution in [2.45, 2.75) is 13.0 Å². The molecule has 138 valence electrons. The second-order valence-corrected chi connectivity index (χ2v) is 6.69. The van der Waals surface area contributed by atoms with Gasteiger partial charge >= 0.3 is 0 Å². The maximum absolute atomic E-state index is 13.2. The molecule has 1 fully saturated rings. The van der Waals surface area contributed by atoms with Gasteiger partial charge in [-0.05, 0) is 30.7 Å². The Morgan fingerprint density at radius 2 is 2.07 bits per heavy atom. The van der Waals surface area contributed by atoms with E-state index >= 15 is 0 Å². The summed E-state index contributed by atoms with van der Waals surface area (Å²) in [6.07, 6.45) is 1.31. The zero-order chi connectivity index (χ0) is 18.8. The van der Waals surface area contributed by atoms with Gasteiger partial charge in [-0.15, -0.1) is 0 Å². The van der Waals surface area contributed by atoms with Crippen LogP contribution in [0.25, 0.3) is 11.3 Å². The first-order valence-electron chi connectivity index (χ1n) is 8.88. The molecule has 4 rings (SSSR count). The van der Waals surface area contributed by atoms with Crippen molar-refractivity contribution in [2.75, 3.05) is 19.7 Å². The first-order chi connectivity index (χ1) is 13.1. The first-order valence-corrected chi connectivity index (χ1v) is 8.88. The molecule has 1 amide bonds. The Morgan fingerprint density at radius 1 is 1.26 bits per heavy atom. The van der Waals surface area contributed by atoms with Gasteiger partial charge in [-0.3, -0.25) is 9.89 Å². The van der Waals surface area contributed by atoms with E-state index in [1.54, 1.807) is 23.2 Å². The average Bonchev–Trinajstić information content (AvgIpc) is 3.18. The van der Waals surface area contributed by atoms with E-state index in [0.717, 1.165) is 16.7 Å². The highest BCUT2D eigenvalue weighted by molar-refractivity contribution is 5.99. The molecule has 1 aromatic heterocycles. The zero-order valence-electron chi connectivity index (χ0n) is 15.0. The average molecular weight is 365 g/mol. The van der Waals surface area contributed by atoms with Gasteiger partial charge in [-0.1, -0.05) is 35.9 Å². The van der Waals surface area contributed by atoms with E-state index in [1.807, 2.05) is 31.2 Å². The van der Waals surface area contributed by atoms with Crippen LogP contribution in [-0.4, -0.2) is 40.7 Å². The monoisotopic (exact) mass is 365 g/mol. The number of aryl methyl sites for hydroxylation is 1. The predicted octanol–water partition coefficient (Wildman–Crippen LogP) is 3.74. The lowest BCUT2D eigenvalue weighted by Gasteiger charge is -2.33. The van der Waals surface area contributed by atoms with Gasteiger partial charge in [0.05, 0.1) is 30.6 Å². The molecular weight excluding hydrogens is 345 g/mol. The van der Waals surface area contributed by atoms with Crippen LogP contribution in [0.3, 0.4) is 0 Å². The Hall–Kier alpha value is -2.99. The van der Waals surface area contributed by atoms with Gasteiger partial charge in [0.15, 0.2) is 0 Å². The first kappa shape index (κ1) is 17.4. The number of hydrogen-bond donors (Lipinski definition) is 1. The van der Waals surface area contributed by atoms with E-state index < -0.39 is 0 Å². The summed E-state index contributed by atoms with van der Waals surface area (Å²) in [5.41, 5.74) is 4.16. The lowest BCUT2D eigenvalue weighted by molar-refractivity contribution is -0.0228. The number of carbonyl (C=O) groups is 1. The fraction of sp³-hybridized carbons (Fsp3) is 0.238. The number of morpholine rings is 1. The smallest absolute Gasteiger partial charge is 0.257 e. The highest BCUT2D eigenvalue weighted by Gasteiger charge is 2.28. The standard InChI is InChI=1S/C21H20FN3O2/c1-14-3-2-4-16(11-14)20-18(12-23-24-20)21(26)25-9-10-27-19(13-25)15-5-7-17(22)8-6-15/h2-8,11-12,19H,9-10,13H2,1H3,(H,23,24). The molecular formula is C21H20FN3O2. The van der Waals surface area contributed by atoms with Crippen LogP contribution in [0.5, 0.6) is 0 Å². The van der Waals surface area contributed by atoms with Gasteiger partial charge in [0.25, 0.3) is 5.91 Å². The third kappa shape index (κ3) is 3.61. The lowest BCUT2D eigenvalue weighted by Crippen LogP contribution is -2.42. The summed E-state index contributed by atoms with van der Waals surface area (Å²) < 4.78 is 19.0. The van der Waals surface area contributed by atoms with Gasteiger partial charge in [-0.2, -0.15) is 5.10 Å². The van der Waals surface area contributed by atoms with Crippen molar-refractivity contribution in [3.8, 4) is 11.3 Å². The number of H-pyrrole nitrogens is 1. The summed E-state index contributed by atoms with van der Waals surface area (Å²) in [5.74, 6) is -0.376. The van der Waals surface area contributed by atoms with E-state index in [-0.39, 0.29) is 17.8 Å². The van der Waals surface area contributed by atoms with Crippen LogP contribution in [0, 0.1) is 12.7 Å². The summed E-state index contributed by atoms with van der Waals surface area (Å²) in [7, 11) is 0. The number of halogens is 1. The molecule has 1 atom stereocenters. The van der Waals surface area contributed by atoms with E-state index in [9.17, 15) is 9.18 Å². The number of nitrogens with zero attached hydrogens (tertiary/aromatic N) is 2. The van der Waals surface area contributed by atoms with Crippen molar-refractivity contribution in [1.82, 2.24) is 15.1 Å². The number of nitrogens with one attached hydrogen (secondary N) is 1. The third-order valence-corrected chi connectivity index (χ3v) is 4.77.